The zero-order chi connectivity index (χ0) is 27.5. The van der Waals surface area contributed by atoms with Crippen LogP contribution in [-0.4, -0.2) is 75.9 Å². The van der Waals surface area contributed by atoms with Crippen LogP contribution in [0.15, 0.2) is 53.2 Å². The normalized spacial score (nSPS) is 14.0. The van der Waals surface area contributed by atoms with Gasteiger partial charge in [-0.2, -0.15) is 0 Å². The molecule has 0 bridgehead atoms. The van der Waals surface area contributed by atoms with E-state index in [9.17, 15) is 18.4 Å². The smallest absolute Gasteiger partial charge is 0.280 e. The largest absolute Gasteiger partial charge is 0.494 e. The van der Waals surface area contributed by atoms with Gasteiger partial charge < -0.3 is 14.5 Å². The summed E-state index contributed by atoms with van der Waals surface area (Å²) in [5, 5.41) is 10.4. The molecule has 0 atom stereocenters. The number of carbonyl (C=O) groups excluding carboxylic acids is 1. The Hall–Kier alpha value is -4.30. The minimum absolute atomic E-state index is 0.0563. The number of hydrogen-bond donors (Lipinski definition) is 1. The molecule has 0 aliphatic carbocycles. The molecule has 1 N–H and O–H groups in total. The molecule has 11 nitrogen and oxygen atoms in total. The number of nitrogens with one attached hydrogen (secondary N) is 1. The van der Waals surface area contributed by atoms with Crippen LogP contribution in [0.3, 0.4) is 0 Å². The summed E-state index contributed by atoms with van der Waals surface area (Å²) in [6.45, 7) is 3.38. The number of aromatic nitrogens is 5. The van der Waals surface area contributed by atoms with Crippen molar-refractivity contribution in [3.63, 3.8) is 0 Å². The summed E-state index contributed by atoms with van der Waals surface area (Å²) >= 11 is 1.12. The summed E-state index contributed by atoms with van der Waals surface area (Å²) in [6.07, 6.45) is 1.21. The van der Waals surface area contributed by atoms with E-state index >= 15 is 0 Å². The van der Waals surface area contributed by atoms with Gasteiger partial charge in [0.1, 0.15) is 22.8 Å². The highest BCUT2D eigenvalue weighted by molar-refractivity contribution is 7.13. The quantitative estimate of drug-likeness (QED) is 0.368. The highest BCUT2D eigenvalue weighted by Gasteiger charge is 2.22. The molecule has 39 heavy (non-hydrogen) atoms. The molecule has 0 spiro atoms. The molecule has 1 aliphatic rings. The van der Waals surface area contributed by atoms with Crippen LogP contribution in [0.2, 0.25) is 0 Å². The highest BCUT2D eigenvalue weighted by atomic mass is 32.1. The fourth-order valence-electron chi connectivity index (χ4n) is 4.24. The van der Waals surface area contributed by atoms with Gasteiger partial charge in [-0.3, -0.25) is 24.5 Å². The Kier molecular flexibility index (Phi) is 7.56. The van der Waals surface area contributed by atoms with Crippen LogP contribution in [0.1, 0.15) is 22.5 Å². The molecule has 4 aromatic heterocycles. The number of ether oxygens (including phenoxy) is 1. The van der Waals surface area contributed by atoms with Gasteiger partial charge in [-0.05, 0) is 25.2 Å². The highest BCUT2D eigenvalue weighted by Crippen LogP contribution is 2.35. The predicted molar refractivity (Wildman–Crippen MR) is 142 cm³/mol. The molecule has 0 saturated carbocycles. The van der Waals surface area contributed by atoms with Crippen molar-refractivity contribution in [2.75, 3.05) is 50.6 Å². The molecule has 4 aromatic rings. The fourth-order valence-corrected chi connectivity index (χ4v) is 4.68. The Morgan fingerprint density at radius 2 is 1.90 bits per heavy atom. The minimum atomic E-state index is -2.85. The Morgan fingerprint density at radius 1 is 1.10 bits per heavy atom. The predicted octanol–water partition coefficient (Wildman–Crippen LogP) is 3.10. The molecule has 1 fully saturated rings. The molecule has 202 valence electrons. The third kappa shape index (κ3) is 5.61. The molecule has 14 heteroatoms. The first kappa shape index (κ1) is 26.3. The van der Waals surface area contributed by atoms with Crippen LogP contribution >= 0.6 is 11.3 Å². The fraction of sp³-hybridized carbons (Fsp3) is 0.280. The molecule has 5 rings (SSSR count). The van der Waals surface area contributed by atoms with E-state index in [1.165, 1.54) is 41.7 Å². The summed E-state index contributed by atoms with van der Waals surface area (Å²) < 4.78 is 33.8. The van der Waals surface area contributed by atoms with E-state index in [-0.39, 0.29) is 38.9 Å². The van der Waals surface area contributed by atoms with Gasteiger partial charge >= 0.3 is 0 Å². The first-order valence-electron chi connectivity index (χ1n) is 11.9. The van der Waals surface area contributed by atoms with Gasteiger partial charge in [0.25, 0.3) is 17.9 Å². The van der Waals surface area contributed by atoms with Crippen molar-refractivity contribution < 1.29 is 18.3 Å². The van der Waals surface area contributed by atoms with Crippen molar-refractivity contribution in [2.24, 2.45) is 0 Å². The Morgan fingerprint density at radius 3 is 2.56 bits per heavy atom. The van der Waals surface area contributed by atoms with Gasteiger partial charge in [-0.15, -0.1) is 10.2 Å². The topological polar surface area (TPSA) is 118 Å². The molecule has 0 aromatic carbocycles. The number of amides is 1. The Balaban J connectivity index is 1.59. The summed E-state index contributed by atoms with van der Waals surface area (Å²) in [6, 6.07) is 6.00. The van der Waals surface area contributed by atoms with Crippen LogP contribution in [0.5, 0.6) is 5.75 Å². The maximum atomic E-state index is 13.6. The van der Waals surface area contributed by atoms with Gasteiger partial charge in [0.05, 0.1) is 18.9 Å². The van der Waals surface area contributed by atoms with Crippen molar-refractivity contribution in [1.82, 2.24) is 29.6 Å². The van der Waals surface area contributed by atoms with Gasteiger partial charge in [0.2, 0.25) is 5.13 Å². The van der Waals surface area contributed by atoms with E-state index in [0.717, 1.165) is 49.3 Å². The third-order valence-corrected chi connectivity index (χ3v) is 6.96. The number of anilines is 2. The molecule has 1 saturated heterocycles. The number of carbonyl (C=O) groups is 1. The zero-order valence-electron chi connectivity index (χ0n) is 21.0. The summed E-state index contributed by atoms with van der Waals surface area (Å²) in [4.78, 5) is 38.8. The maximum Gasteiger partial charge on any atom is 0.280 e. The lowest BCUT2D eigenvalue weighted by Crippen LogP contribution is -2.44. The van der Waals surface area contributed by atoms with E-state index in [1.54, 1.807) is 6.20 Å². The number of rotatable bonds is 7. The first-order valence-corrected chi connectivity index (χ1v) is 12.8. The number of nitrogens with zero attached hydrogens (tertiary/aromatic N) is 7. The van der Waals surface area contributed by atoms with Crippen LogP contribution in [0.25, 0.3) is 16.9 Å². The molecule has 0 unspecified atom stereocenters. The van der Waals surface area contributed by atoms with E-state index < -0.39 is 18.0 Å². The van der Waals surface area contributed by atoms with Gasteiger partial charge in [-0.25, -0.2) is 13.8 Å². The van der Waals surface area contributed by atoms with Gasteiger partial charge in [0, 0.05) is 61.5 Å². The van der Waals surface area contributed by atoms with Crippen LogP contribution < -0.4 is 20.5 Å². The number of alkyl halides is 2. The van der Waals surface area contributed by atoms with Crippen LogP contribution in [0, 0.1) is 0 Å². The second-order valence-corrected chi connectivity index (χ2v) is 9.61. The van der Waals surface area contributed by atoms with E-state index in [2.05, 4.69) is 42.3 Å². The lowest BCUT2D eigenvalue weighted by Gasteiger charge is -2.34. The van der Waals surface area contributed by atoms with Crippen molar-refractivity contribution in [2.45, 2.75) is 6.43 Å². The number of likely N-dealkylation sites (N-methyl/N-ethyl adjacent to an activating group) is 1. The average Bonchev–Trinajstić information content (AvgIpc) is 3.45. The minimum Gasteiger partial charge on any atom is -0.494 e. The molecular weight excluding hydrogens is 530 g/mol. The third-order valence-electron chi connectivity index (χ3n) is 6.36. The SMILES string of the molecule is COc1cnc(C(F)F)cc1-c1cc(-n2ccc(N3CCN(C)CC3)cc2=O)ncc1C(=O)Nc1nncs1. The first-order chi connectivity index (χ1) is 18.8. The van der Waals surface area contributed by atoms with E-state index in [4.69, 9.17) is 4.74 Å². The van der Waals surface area contributed by atoms with Crippen molar-refractivity contribution in [3.8, 4) is 22.7 Å². The van der Waals surface area contributed by atoms with Crippen molar-refractivity contribution >= 4 is 28.1 Å². The lowest BCUT2D eigenvalue weighted by molar-refractivity contribution is 0.102. The summed E-state index contributed by atoms with van der Waals surface area (Å²) in [7, 11) is 3.42. The molecular formula is C25H24F2N8O3S. The van der Waals surface area contributed by atoms with Gasteiger partial charge in [-0.1, -0.05) is 11.3 Å². The van der Waals surface area contributed by atoms with Crippen LogP contribution in [-0.2, 0) is 0 Å². The second-order valence-electron chi connectivity index (χ2n) is 8.78. The van der Waals surface area contributed by atoms with Gasteiger partial charge in [0.15, 0.2) is 0 Å². The number of hydrogen-bond acceptors (Lipinski definition) is 10. The summed E-state index contributed by atoms with van der Waals surface area (Å²) in [5.74, 6) is -0.222. The lowest BCUT2D eigenvalue weighted by atomic mass is 10.00. The molecule has 1 aliphatic heterocycles. The Bertz CT molecular complexity index is 1540. The van der Waals surface area contributed by atoms with Crippen molar-refractivity contribution in [3.05, 3.63) is 70.0 Å². The van der Waals surface area contributed by atoms with Crippen molar-refractivity contribution in [1.29, 1.82) is 0 Å². The Labute approximate surface area is 225 Å². The second kappa shape index (κ2) is 11.2. The number of halogens is 2. The molecule has 0 radical (unpaired) electrons. The van der Waals surface area contributed by atoms with E-state index in [1.807, 2.05) is 6.07 Å². The number of piperazine rings is 1. The maximum absolute atomic E-state index is 13.6. The average molecular weight is 555 g/mol. The van der Waals surface area contributed by atoms with Crippen LogP contribution in [0.4, 0.5) is 19.6 Å². The summed E-state index contributed by atoms with van der Waals surface area (Å²) in [5.41, 5.74) is 1.90. The zero-order valence-corrected chi connectivity index (χ0v) is 21.9. The number of methoxy groups -OCH3 is 1. The standard InChI is InChI=1S/C25H24F2N8O3S/c1-33-5-7-34(8-6-33)15-3-4-35(22(36)9-15)21-11-16(17-10-19(23(26)27)28-13-20(17)38-2)18(12-29-21)24(37)31-25-32-30-14-39-25/h3-4,9-14,23H,5-8H2,1-2H3,(H,31,32,37). The molecule has 5 heterocycles. The number of pyridine rings is 3. The molecule has 1 amide bonds. The monoisotopic (exact) mass is 554 g/mol. The van der Waals surface area contributed by atoms with E-state index in [0.29, 0.717) is 0 Å².